The van der Waals surface area contributed by atoms with E-state index in [9.17, 15) is 8.42 Å². The SMILES string of the molecule is CCC1(C)CN(CCS(=O)(=O)CC)C2(CCCCC2)CN1. The molecule has 1 saturated carbocycles. The molecule has 1 aliphatic heterocycles. The highest BCUT2D eigenvalue weighted by Gasteiger charge is 2.45. The van der Waals surface area contributed by atoms with Crippen molar-refractivity contribution in [2.45, 2.75) is 70.4 Å². The average Bonchev–Trinajstić information content (AvgIpc) is 2.50. The predicted molar refractivity (Wildman–Crippen MR) is 88.4 cm³/mol. The summed E-state index contributed by atoms with van der Waals surface area (Å²) in [6.45, 7) is 8.93. The molecule has 1 spiro atoms. The third kappa shape index (κ3) is 3.99. The van der Waals surface area contributed by atoms with Crippen LogP contribution in [0.1, 0.15) is 59.3 Å². The predicted octanol–water partition coefficient (Wildman–Crippen LogP) is 2.20. The number of nitrogens with one attached hydrogen (secondary N) is 1. The maximum Gasteiger partial charge on any atom is 0.151 e. The second-order valence-electron chi connectivity index (χ2n) is 7.21. The van der Waals surface area contributed by atoms with Crippen molar-refractivity contribution in [2.24, 2.45) is 0 Å². The van der Waals surface area contributed by atoms with E-state index in [-0.39, 0.29) is 16.8 Å². The molecule has 5 heteroatoms. The molecule has 2 fully saturated rings. The van der Waals surface area contributed by atoms with E-state index in [0.29, 0.717) is 12.3 Å². The van der Waals surface area contributed by atoms with Crippen LogP contribution in [0.3, 0.4) is 0 Å². The molecule has 1 N–H and O–H groups in total. The van der Waals surface area contributed by atoms with Crippen LogP contribution in [0.25, 0.3) is 0 Å². The summed E-state index contributed by atoms with van der Waals surface area (Å²) in [5.41, 5.74) is 0.328. The van der Waals surface area contributed by atoms with Gasteiger partial charge in [0.25, 0.3) is 0 Å². The highest BCUT2D eigenvalue weighted by molar-refractivity contribution is 7.91. The molecule has 1 saturated heterocycles. The summed E-state index contributed by atoms with van der Waals surface area (Å²) in [6.07, 6.45) is 7.40. The lowest BCUT2D eigenvalue weighted by molar-refractivity contribution is -0.0111. The second-order valence-corrected chi connectivity index (χ2v) is 9.68. The Labute approximate surface area is 130 Å². The molecule has 1 aliphatic carbocycles. The first kappa shape index (κ1) is 17.2. The minimum absolute atomic E-state index is 0.124. The molecule has 124 valence electrons. The van der Waals surface area contributed by atoms with Crippen molar-refractivity contribution in [3.05, 3.63) is 0 Å². The van der Waals surface area contributed by atoms with Crippen molar-refractivity contribution in [3.63, 3.8) is 0 Å². The fraction of sp³-hybridized carbons (Fsp3) is 1.00. The van der Waals surface area contributed by atoms with E-state index < -0.39 is 9.84 Å². The summed E-state index contributed by atoms with van der Waals surface area (Å²) in [6, 6.07) is 0. The van der Waals surface area contributed by atoms with Crippen LogP contribution in [0, 0.1) is 0 Å². The van der Waals surface area contributed by atoms with Crippen LogP contribution in [-0.4, -0.2) is 55.5 Å². The lowest BCUT2D eigenvalue weighted by atomic mass is 9.76. The fourth-order valence-electron chi connectivity index (χ4n) is 3.78. The third-order valence-electron chi connectivity index (χ3n) is 5.73. The van der Waals surface area contributed by atoms with Crippen molar-refractivity contribution in [3.8, 4) is 0 Å². The molecule has 2 rings (SSSR count). The molecule has 0 bridgehead atoms. The molecule has 4 nitrogen and oxygen atoms in total. The molecule has 21 heavy (non-hydrogen) atoms. The Balaban J connectivity index is 2.12. The Morgan fingerprint density at radius 2 is 1.81 bits per heavy atom. The van der Waals surface area contributed by atoms with Crippen molar-refractivity contribution in [1.29, 1.82) is 0 Å². The highest BCUT2D eigenvalue weighted by atomic mass is 32.2. The van der Waals surface area contributed by atoms with Gasteiger partial charge >= 0.3 is 0 Å². The average molecular weight is 317 g/mol. The van der Waals surface area contributed by atoms with E-state index in [1.54, 1.807) is 6.92 Å². The van der Waals surface area contributed by atoms with Crippen molar-refractivity contribution in [2.75, 3.05) is 31.1 Å². The maximum atomic E-state index is 11.9. The van der Waals surface area contributed by atoms with Crippen LogP contribution in [-0.2, 0) is 9.84 Å². The van der Waals surface area contributed by atoms with Crippen LogP contribution in [0.15, 0.2) is 0 Å². The monoisotopic (exact) mass is 316 g/mol. The molecular weight excluding hydrogens is 284 g/mol. The number of hydrogen-bond acceptors (Lipinski definition) is 4. The number of piperazine rings is 1. The Kier molecular flexibility index (Phi) is 5.37. The van der Waals surface area contributed by atoms with Gasteiger partial charge in [0.2, 0.25) is 0 Å². The van der Waals surface area contributed by atoms with Crippen LogP contribution in [0.5, 0.6) is 0 Å². The second kappa shape index (κ2) is 6.55. The van der Waals surface area contributed by atoms with Gasteiger partial charge in [-0.05, 0) is 26.2 Å². The fourth-order valence-corrected chi connectivity index (χ4v) is 4.57. The zero-order valence-electron chi connectivity index (χ0n) is 14.0. The number of sulfone groups is 1. The summed E-state index contributed by atoms with van der Waals surface area (Å²) in [5, 5.41) is 3.76. The van der Waals surface area contributed by atoms with Crippen molar-refractivity contribution in [1.82, 2.24) is 10.2 Å². The summed E-state index contributed by atoms with van der Waals surface area (Å²) in [7, 11) is -2.88. The van der Waals surface area contributed by atoms with Gasteiger partial charge < -0.3 is 5.32 Å². The van der Waals surface area contributed by atoms with Crippen molar-refractivity contribution < 1.29 is 8.42 Å². The molecular formula is C16H32N2O2S. The summed E-state index contributed by atoms with van der Waals surface area (Å²) >= 11 is 0. The van der Waals surface area contributed by atoms with E-state index in [1.165, 1.54) is 32.1 Å². The quantitative estimate of drug-likeness (QED) is 0.845. The van der Waals surface area contributed by atoms with Crippen LogP contribution < -0.4 is 5.32 Å². The first-order valence-corrected chi connectivity index (χ1v) is 10.4. The Morgan fingerprint density at radius 1 is 1.14 bits per heavy atom. The van der Waals surface area contributed by atoms with E-state index in [2.05, 4.69) is 24.1 Å². The molecule has 1 atom stereocenters. The standard InChI is InChI=1S/C16H32N2O2S/c1-4-15(3)14-18(11-12-21(19,20)5-2)16(13-17-15)9-7-6-8-10-16/h17H,4-14H2,1-3H3. The Bertz CT molecular complexity index is 443. The van der Waals surface area contributed by atoms with Gasteiger partial charge in [0.15, 0.2) is 9.84 Å². The van der Waals surface area contributed by atoms with Gasteiger partial charge in [-0.2, -0.15) is 0 Å². The normalized spacial score (nSPS) is 30.6. The lowest BCUT2D eigenvalue weighted by Gasteiger charge is -2.55. The minimum Gasteiger partial charge on any atom is -0.308 e. The van der Waals surface area contributed by atoms with Gasteiger partial charge in [-0.15, -0.1) is 0 Å². The molecule has 0 aromatic carbocycles. The smallest absolute Gasteiger partial charge is 0.151 e. The zero-order chi connectivity index (χ0) is 15.6. The number of nitrogens with zero attached hydrogens (tertiary/aromatic N) is 1. The Morgan fingerprint density at radius 3 is 2.38 bits per heavy atom. The molecule has 0 aromatic rings. The minimum atomic E-state index is -2.88. The Hall–Kier alpha value is -0.130. The number of hydrogen-bond donors (Lipinski definition) is 1. The largest absolute Gasteiger partial charge is 0.308 e. The van der Waals surface area contributed by atoms with Crippen molar-refractivity contribution >= 4 is 9.84 Å². The number of rotatable bonds is 5. The van der Waals surface area contributed by atoms with E-state index in [0.717, 1.165) is 19.5 Å². The van der Waals surface area contributed by atoms with Gasteiger partial charge in [-0.3, -0.25) is 4.90 Å². The van der Waals surface area contributed by atoms with Gasteiger partial charge in [0.05, 0.1) is 5.75 Å². The molecule has 1 unspecified atom stereocenters. The molecule has 0 aromatic heterocycles. The first-order valence-electron chi connectivity index (χ1n) is 8.55. The van der Waals surface area contributed by atoms with Crippen LogP contribution in [0.2, 0.25) is 0 Å². The van der Waals surface area contributed by atoms with Gasteiger partial charge in [-0.1, -0.05) is 33.1 Å². The molecule has 0 amide bonds. The lowest BCUT2D eigenvalue weighted by Crippen LogP contribution is -2.69. The zero-order valence-corrected chi connectivity index (χ0v) is 14.8. The van der Waals surface area contributed by atoms with Gasteiger partial charge in [0.1, 0.15) is 0 Å². The third-order valence-corrected chi connectivity index (χ3v) is 7.42. The molecule has 0 radical (unpaired) electrons. The van der Waals surface area contributed by atoms with E-state index in [4.69, 9.17) is 0 Å². The first-order chi connectivity index (χ1) is 9.85. The van der Waals surface area contributed by atoms with Crippen LogP contribution >= 0.6 is 0 Å². The van der Waals surface area contributed by atoms with E-state index >= 15 is 0 Å². The summed E-state index contributed by atoms with van der Waals surface area (Å²) in [4.78, 5) is 2.51. The van der Waals surface area contributed by atoms with Gasteiger partial charge in [0, 0.05) is 36.5 Å². The summed E-state index contributed by atoms with van der Waals surface area (Å²) < 4.78 is 23.8. The summed E-state index contributed by atoms with van der Waals surface area (Å²) in [5.74, 6) is 0.572. The van der Waals surface area contributed by atoms with Gasteiger partial charge in [-0.25, -0.2) is 8.42 Å². The highest BCUT2D eigenvalue weighted by Crippen LogP contribution is 2.37. The molecule has 1 heterocycles. The molecule has 2 aliphatic rings. The van der Waals surface area contributed by atoms with Crippen LogP contribution in [0.4, 0.5) is 0 Å². The maximum absolute atomic E-state index is 11.9. The topological polar surface area (TPSA) is 49.4 Å². The van der Waals surface area contributed by atoms with E-state index in [1.807, 2.05) is 0 Å².